The van der Waals surface area contributed by atoms with Crippen molar-refractivity contribution in [2.75, 3.05) is 7.11 Å². The molecule has 0 aliphatic carbocycles. The second-order valence-electron chi connectivity index (χ2n) is 3.84. The molecule has 7 nitrogen and oxygen atoms in total. The third-order valence-electron chi connectivity index (χ3n) is 2.58. The molecule has 0 N–H and O–H groups in total. The largest absolute Gasteiger partial charge is 0.497 e. The van der Waals surface area contributed by atoms with E-state index in [2.05, 4.69) is 20.5 Å². The zero-order valence-corrected chi connectivity index (χ0v) is 10.2. The van der Waals surface area contributed by atoms with Gasteiger partial charge in [0, 0.05) is 11.8 Å². The standard InChI is InChI=1S/C12H11N5O2/c1-18-10-4-2-9(3-5-10)12-14-11(15-19-12)8-17-7-6-13-16-17/h2-7H,8H2,1H3. The lowest BCUT2D eigenvalue weighted by Gasteiger charge is -1.98. The van der Waals surface area contributed by atoms with Crippen LogP contribution in [0.4, 0.5) is 0 Å². The molecule has 0 atom stereocenters. The van der Waals surface area contributed by atoms with Gasteiger partial charge in [-0.1, -0.05) is 10.4 Å². The predicted molar refractivity (Wildman–Crippen MR) is 65.4 cm³/mol. The minimum atomic E-state index is 0.430. The Balaban J connectivity index is 1.80. The zero-order valence-electron chi connectivity index (χ0n) is 10.2. The van der Waals surface area contributed by atoms with Gasteiger partial charge in [0.25, 0.3) is 5.89 Å². The van der Waals surface area contributed by atoms with Crippen LogP contribution in [-0.2, 0) is 6.54 Å². The summed E-state index contributed by atoms with van der Waals surface area (Å²) in [7, 11) is 1.62. The Kier molecular flexibility index (Phi) is 2.93. The summed E-state index contributed by atoms with van der Waals surface area (Å²) in [5, 5.41) is 11.5. The van der Waals surface area contributed by atoms with Gasteiger partial charge in [-0.3, -0.25) is 0 Å². The fourth-order valence-electron chi connectivity index (χ4n) is 1.63. The third kappa shape index (κ3) is 2.44. The maximum Gasteiger partial charge on any atom is 0.257 e. The first-order chi connectivity index (χ1) is 9.35. The van der Waals surface area contributed by atoms with E-state index in [1.165, 1.54) is 0 Å². The molecule has 0 saturated heterocycles. The minimum Gasteiger partial charge on any atom is -0.497 e. The van der Waals surface area contributed by atoms with Crippen LogP contribution in [0.15, 0.2) is 41.2 Å². The van der Waals surface area contributed by atoms with E-state index in [0.717, 1.165) is 11.3 Å². The van der Waals surface area contributed by atoms with Crippen molar-refractivity contribution in [3.8, 4) is 17.2 Å². The molecule has 0 radical (unpaired) electrons. The molecule has 2 aromatic heterocycles. The molecule has 0 saturated carbocycles. The van der Waals surface area contributed by atoms with Crippen molar-refractivity contribution in [2.24, 2.45) is 0 Å². The molecule has 1 aromatic carbocycles. The lowest BCUT2D eigenvalue weighted by Crippen LogP contribution is -2.02. The van der Waals surface area contributed by atoms with Crippen LogP contribution in [0.25, 0.3) is 11.5 Å². The number of hydrogen-bond donors (Lipinski definition) is 0. The molecule has 7 heteroatoms. The Bertz CT molecular complexity index is 645. The van der Waals surface area contributed by atoms with E-state index in [-0.39, 0.29) is 0 Å². The van der Waals surface area contributed by atoms with Gasteiger partial charge in [-0.05, 0) is 24.3 Å². The normalized spacial score (nSPS) is 10.6. The number of nitrogens with zero attached hydrogens (tertiary/aromatic N) is 5. The van der Waals surface area contributed by atoms with Gasteiger partial charge in [-0.25, -0.2) is 4.68 Å². The summed E-state index contributed by atoms with van der Waals surface area (Å²) in [5.74, 6) is 1.81. The molecule has 3 rings (SSSR count). The summed E-state index contributed by atoms with van der Waals surface area (Å²) in [6.07, 6.45) is 3.34. The minimum absolute atomic E-state index is 0.430. The molecule has 0 spiro atoms. The van der Waals surface area contributed by atoms with Crippen LogP contribution in [0.3, 0.4) is 0 Å². The third-order valence-corrected chi connectivity index (χ3v) is 2.58. The highest BCUT2D eigenvalue weighted by Gasteiger charge is 2.09. The highest BCUT2D eigenvalue weighted by Crippen LogP contribution is 2.20. The van der Waals surface area contributed by atoms with Crippen LogP contribution in [0, 0.1) is 0 Å². The summed E-state index contributed by atoms with van der Waals surface area (Å²) in [6.45, 7) is 0.430. The number of aromatic nitrogens is 5. The van der Waals surface area contributed by atoms with Gasteiger partial charge in [-0.15, -0.1) is 5.10 Å². The fourth-order valence-corrected chi connectivity index (χ4v) is 1.63. The van der Waals surface area contributed by atoms with Crippen molar-refractivity contribution in [1.82, 2.24) is 25.1 Å². The average Bonchev–Trinajstić information content (AvgIpc) is 3.11. The van der Waals surface area contributed by atoms with Crippen LogP contribution < -0.4 is 4.74 Å². The summed E-state index contributed by atoms with van der Waals surface area (Å²) in [6, 6.07) is 7.42. The van der Waals surface area contributed by atoms with Gasteiger partial charge in [-0.2, -0.15) is 4.98 Å². The zero-order chi connectivity index (χ0) is 13.1. The van der Waals surface area contributed by atoms with Crippen LogP contribution >= 0.6 is 0 Å². The molecule has 0 amide bonds. The first-order valence-electron chi connectivity index (χ1n) is 5.66. The maximum absolute atomic E-state index is 5.21. The molecular formula is C12H11N5O2. The molecular weight excluding hydrogens is 246 g/mol. The van der Waals surface area contributed by atoms with Crippen LogP contribution in [0.2, 0.25) is 0 Å². The molecule has 0 aliphatic rings. The van der Waals surface area contributed by atoms with Gasteiger partial charge in [0.1, 0.15) is 12.3 Å². The number of rotatable bonds is 4. The quantitative estimate of drug-likeness (QED) is 0.702. The van der Waals surface area contributed by atoms with E-state index < -0.39 is 0 Å². The Labute approximate surface area is 108 Å². The molecule has 0 fully saturated rings. The van der Waals surface area contributed by atoms with Gasteiger partial charge >= 0.3 is 0 Å². The van der Waals surface area contributed by atoms with Crippen molar-refractivity contribution >= 4 is 0 Å². The summed E-state index contributed by atoms with van der Waals surface area (Å²) in [4.78, 5) is 4.30. The summed E-state index contributed by atoms with van der Waals surface area (Å²) >= 11 is 0. The monoisotopic (exact) mass is 257 g/mol. The molecule has 0 unspecified atom stereocenters. The van der Waals surface area contributed by atoms with Gasteiger partial charge in [0.05, 0.1) is 13.3 Å². The van der Waals surface area contributed by atoms with E-state index >= 15 is 0 Å². The highest BCUT2D eigenvalue weighted by atomic mass is 16.5. The number of ether oxygens (including phenoxy) is 1. The molecule has 0 aliphatic heterocycles. The van der Waals surface area contributed by atoms with E-state index in [1.54, 1.807) is 24.2 Å². The van der Waals surface area contributed by atoms with Crippen LogP contribution in [-0.4, -0.2) is 32.2 Å². The Morgan fingerprint density at radius 2 is 2.11 bits per heavy atom. The number of methoxy groups -OCH3 is 1. The van der Waals surface area contributed by atoms with Gasteiger partial charge in [0.2, 0.25) is 0 Å². The highest BCUT2D eigenvalue weighted by molar-refractivity contribution is 5.54. The first kappa shape index (κ1) is 11.4. The molecule has 19 heavy (non-hydrogen) atoms. The lowest BCUT2D eigenvalue weighted by atomic mass is 10.2. The number of hydrogen-bond acceptors (Lipinski definition) is 6. The Hall–Kier alpha value is -2.70. The van der Waals surface area contributed by atoms with Gasteiger partial charge < -0.3 is 9.26 Å². The second-order valence-corrected chi connectivity index (χ2v) is 3.84. The first-order valence-corrected chi connectivity index (χ1v) is 5.66. The predicted octanol–water partition coefficient (Wildman–Crippen LogP) is 1.38. The number of benzene rings is 1. The second kappa shape index (κ2) is 4.89. The lowest BCUT2D eigenvalue weighted by molar-refractivity contribution is 0.413. The SMILES string of the molecule is COc1ccc(-c2nc(Cn3ccnn3)no2)cc1. The van der Waals surface area contributed by atoms with E-state index in [1.807, 2.05) is 24.3 Å². The van der Waals surface area contributed by atoms with Crippen molar-refractivity contribution in [2.45, 2.75) is 6.54 Å². The summed E-state index contributed by atoms with van der Waals surface area (Å²) < 4.78 is 11.9. The maximum atomic E-state index is 5.21. The van der Waals surface area contributed by atoms with Crippen molar-refractivity contribution in [3.63, 3.8) is 0 Å². The molecule has 96 valence electrons. The van der Waals surface area contributed by atoms with Crippen LogP contribution in [0.1, 0.15) is 5.82 Å². The topological polar surface area (TPSA) is 78.9 Å². The van der Waals surface area contributed by atoms with Crippen molar-refractivity contribution in [1.29, 1.82) is 0 Å². The fraction of sp³-hybridized carbons (Fsp3) is 0.167. The molecule has 2 heterocycles. The van der Waals surface area contributed by atoms with E-state index in [9.17, 15) is 0 Å². The molecule has 0 bridgehead atoms. The Morgan fingerprint density at radius 3 is 2.79 bits per heavy atom. The summed E-state index contributed by atoms with van der Waals surface area (Å²) in [5.41, 5.74) is 0.846. The van der Waals surface area contributed by atoms with E-state index in [4.69, 9.17) is 9.26 Å². The van der Waals surface area contributed by atoms with Crippen molar-refractivity contribution in [3.05, 3.63) is 42.5 Å². The van der Waals surface area contributed by atoms with E-state index in [0.29, 0.717) is 18.3 Å². The van der Waals surface area contributed by atoms with Crippen molar-refractivity contribution < 1.29 is 9.26 Å². The average molecular weight is 257 g/mol. The molecule has 3 aromatic rings. The Morgan fingerprint density at radius 1 is 1.26 bits per heavy atom. The smallest absolute Gasteiger partial charge is 0.257 e. The van der Waals surface area contributed by atoms with Crippen LogP contribution in [0.5, 0.6) is 5.75 Å². The van der Waals surface area contributed by atoms with Gasteiger partial charge in [0.15, 0.2) is 5.82 Å².